The first-order valence-electron chi connectivity index (χ1n) is 13.7. The third kappa shape index (κ3) is 2.65. The van der Waals surface area contributed by atoms with E-state index in [0.717, 1.165) is 25.0 Å². The zero-order valence-corrected chi connectivity index (χ0v) is 21.4. The lowest BCUT2D eigenvalue weighted by Gasteiger charge is -2.54. The maximum Gasteiger partial charge on any atom is 0.173 e. The number of allylic oxidation sites excluding steroid dienone is 2. The van der Waals surface area contributed by atoms with Gasteiger partial charge in [0.1, 0.15) is 11.5 Å². The van der Waals surface area contributed by atoms with Crippen molar-refractivity contribution in [2.24, 2.45) is 28.6 Å². The molecule has 0 unspecified atom stereocenters. The Kier molecular flexibility index (Phi) is 4.92. The summed E-state index contributed by atoms with van der Waals surface area (Å²) in [6.45, 7) is 3.69. The van der Waals surface area contributed by atoms with Crippen molar-refractivity contribution in [2.75, 3.05) is 20.3 Å². The molecule has 4 heteroatoms. The smallest absolute Gasteiger partial charge is 0.173 e. The van der Waals surface area contributed by atoms with Gasteiger partial charge in [0.25, 0.3) is 0 Å². The van der Waals surface area contributed by atoms with Crippen LogP contribution in [0, 0.1) is 28.6 Å². The van der Waals surface area contributed by atoms with Crippen LogP contribution in [0.1, 0.15) is 50.2 Å². The lowest BCUT2D eigenvalue weighted by atomic mass is 9.52. The van der Waals surface area contributed by atoms with Gasteiger partial charge >= 0.3 is 0 Å². The molecule has 4 nitrogen and oxygen atoms in total. The Morgan fingerprint density at radius 1 is 0.944 bits per heavy atom. The predicted molar refractivity (Wildman–Crippen MR) is 138 cm³/mol. The Bertz CT molecular complexity index is 1200. The molecule has 2 aromatic carbocycles. The molecular weight excluding hydrogens is 448 g/mol. The van der Waals surface area contributed by atoms with Gasteiger partial charge in [-0.3, -0.25) is 4.79 Å². The fraction of sp³-hybridized carbons (Fsp3) is 0.531. The molecule has 2 aromatic rings. The molecule has 4 fully saturated rings. The van der Waals surface area contributed by atoms with Gasteiger partial charge in [0, 0.05) is 35.0 Å². The quantitative estimate of drug-likeness (QED) is 0.508. The normalized spacial score (nSPS) is 39.8. The van der Waals surface area contributed by atoms with Gasteiger partial charge in [-0.2, -0.15) is 0 Å². The van der Waals surface area contributed by atoms with Gasteiger partial charge in [0.05, 0.1) is 20.3 Å². The van der Waals surface area contributed by atoms with Crippen LogP contribution in [0.25, 0.3) is 0 Å². The SMILES string of the molecule is COc1ccc([C@]23C=C[C@@]4(CCCC[C@]24C)[C@@H]2[C@H]3C(=O)[C@@H](Cc3ccccc3)CC23OCCO3)cc1. The van der Waals surface area contributed by atoms with Gasteiger partial charge < -0.3 is 14.2 Å². The summed E-state index contributed by atoms with van der Waals surface area (Å²) in [5.41, 5.74) is 1.94. The Morgan fingerprint density at radius 2 is 1.67 bits per heavy atom. The molecule has 1 saturated heterocycles. The molecule has 5 aliphatic rings. The Hall–Kier alpha value is -2.43. The van der Waals surface area contributed by atoms with Gasteiger partial charge in [-0.1, -0.05) is 74.4 Å². The van der Waals surface area contributed by atoms with E-state index in [1.54, 1.807) is 7.11 Å². The first kappa shape index (κ1) is 22.7. The average Bonchev–Trinajstić information content (AvgIpc) is 3.54. The number of hydrogen-bond acceptors (Lipinski definition) is 4. The molecule has 7 rings (SSSR count). The number of ether oxygens (including phenoxy) is 3. The maximum absolute atomic E-state index is 14.8. The number of benzene rings is 2. The molecule has 2 bridgehead atoms. The lowest BCUT2D eigenvalue weighted by molar-refractivity contribution is -0.249. The monoisotopic (exact) mass is 484 g/mol. The summed E-state index contributed by atoms with van der Waals surface area (Å²) in [4.78, 5) is 14.8. The third-order valence-corrected chi connectivity index (χ3v) is 10.9. The number of carbonyl (C=O) groups is 1. The van der Waals surface area contributed by atoms with Crippen LogP contribution >= 0.6 is 0 Å². The van der Waals surface area contributed by atoms with Crippen molar-refractivity contribution in [1.29, 1.82) is 0 Å². The minimum atomic E-state index is -0.685. The van der Waals surface area contributed by atoms with E-state index >= 15 is 0 Å². The summed E-state index contributed by atoms with van der Waals surface area (Å²) in [6, 6.07) is 19.0. The maximum atomic E-state index is 14.8. The molecule has 1 spiro atoms. The lowest BCUT2D eigenvalue weighted by Crippen LogP contribution is -2.59. The molecule has 6 atom stereocenters. The van der Waals surface area contributed by atoms with Crippen molar-refractivity contribution in [3.63, 3.8) is 0 Å². The van der Waals surface area contributed by atoms with E-state index in [0.29, 0.717) is 25.4 Å². The Balaban J connectivity index is 1.43. The molecule has 0 amide bonds. The first-order valence-corrected chi connectivity index (χ1v) is 13.7. The third-order valence-electron chi connectivity index (χ3n) is 10.9. The van der Waals surface area contributed by atoms with Crippen LogP contribution in [0.4, 0.5) is 0 Å². The van der Waals surface area contributed by atoms with Crippen LogP contribution in [-0.4, -0.2) is 31.9 Å². The Morgan fingerprint density at radius 3 is 2.39 bits per heavy atom. The minimum absolute atomic E-state index is 0.0458. The van der Waals surface area contributed by atoms with E-state index in [1.807, 2.05) is 6.07 Å². The van der Waals surface area contributed by atoms with Crippen LogP contribution in [0.15, 0.2) is 66.7 Å². The van der Waals surface area contributed by atoms with Gasteiger partial charge in [-0.05, 0) is 47.9 Å². The van der Waals surface area contributed by atoms with E-state index in [4.69, 9.17) is 14.2 Å². The summed E-state index contributed by atoms with van der Waals surface area (Å²) < 4.78 is 18.8. The number of rotatable bonds is 4. The molecular formula is C32H36O4. The highest BCUT2D eigenvalue weighted by atomic mass is 16.7. The largest absolute Gasteiger partial charge is 0.497 e. The molecule has 1 heterocycles. The molecule has 3 saturated carbocycles. The number of fused-ring (bicyclic) bond motifs is 3. The van der Waals surface area contributed by atoms with E-state index in [1.165, 1.54) is 24.0 Å². The standard InChI is InChI=1S/C32H36O4/c1-29-14-6-7-15-30(29)16-17-31(29,24-10-12-25(34-2)13-11-24)26-27(33)23(20-22-8-4-3-5-9-22)21-32(28(26)30)35-18-19-36-32/h3-5,8-13,16-17,23,26,28H,6-7,14-15,18-21H2,1-2H3/t23-,26+,28-,29-,30-,31-/m0/s1. The number of Topliss-reactive ketones (excluding diaryl/α,β-unsaturated/α-hetero) is 1. The fourth-order valence-corrected chi connectivity index (χ4v) is 9.50. The minimum Gasteiger partial charge on any atom is -0.497 e. The van der Waals surface area contributed by atoms with E-state index in [-0.39, 0.29) is 34.0 Å². The number of carbonyl (C=O) groups excluding carboxylic acids is 1. The molecule has 0 aromatic heterocycles. The fourth-order valence-electron chi connectivity index (χ4n) is 9.50. The summed E-state index contributed by atoms with van der Waals surface area (Å²) in [7, 11) is 1.71. The van der Waals surface area contributed by atoms with Crippen molar-refractivity contribution < 1.29 is 19.0 Å². The van der Waals surface area contributed by atoms with Crippen LogP contribution in [-0.2, 0) is 26.1 Å². The second kappa shape index (κ2) is 7.79. The van der Waals surface area contributed by atoms with Crippen molar-refractivity contribution >= 4 is 5.78 Å². The van der Waals surface area contributed by atoms with Crippen LogP contribution in [0.2, 0.25) is 0 Å². The highest BCUT2D eigenvalue weighted by Crippen LogP contribution is 2.81. The summed E-state index contributed by atoms with van der Waals surface area (Å²) in [5.74, 6) is 0.349. The highest BCUT2D eigenvalue weighted by molar-refractivity contribution is 5.89. The zero-order valence-electron chi connectivity index (χ0n) is 21.4. The van der Waals surface area contributed by atoms with Crippen molar-refractivity contribution in [2.45, 2.75) is 56.7 Å². The second-order valence-electron chi connectivity index (χ2n) is 12.0. The van der Waals surface area contributed by atoms with Crippen molar-refractivity contribution in [1.82, 2.24) is 0 Å². The van der Waals surface area contributed by atoms with Gasteiger partial charge in [0.15, 0.2) is 5.79 Å². The van der Waals surface area contributed by atoms with Gasteiger partial charge in [-0.15, -0.1) is 0 Å². The van der Waals surface area contributed by atoms with E-state index in [9.17, 15) is 4.79 Å². The second-order valence-corrected chi connectivity index (χ2v) is 12.0. The molecule has 36 heavy (non-hydrogen) atoms. The molecule has 0 radical (unpaired) electrons. The number of methoxy groups -OCH3 is 1. The zero-order chi connectivity index (χ0) is 24.6. The van der Waals surface area contributed by atoms with E-state index in [2.05, 4.69) is 67.6 Å². The molecule has 0 N–H and O–H groups in total. The van der Waals surface area contributed by atoms with Crippen molar-refractivity contribution in [3.8, 4) is 5.75 Å². The van der Waals surface area contributed by atoms with Crippen LogP contribution in [0.3, 0.4) is 0 Å². The Labute approximate surface area is 214 Å². The molecule has 1 aliphatic heterocycles. The highest BCUT2D eigenvalue weighted by Gasteiger charge is 2.82. The topological polar surface area (TPSA) is 44.8 Å². The van der Waals surface area contributed by atoms with Crippen molar-refractivity contribution in [3.05, 3.63) is 77.9 Å². The first-order chi connectivity index (χ1) is 17.5. The average molecular weight is 485 g/mol. The summed E-state index contributed by atoms with van der Waals surface area (Å²) in [5, 5.41) is 0. The predicted octanol–water partition coefficient (Wildman–Crippen LogP) is 5.89. The van der Waals surface area contributed by atoms with Crippen LogP contribution < -0.4 is 4.74 Å². The van der Waals surface area contributed by atoms with Gasteiger partial charge in [-0.25, -0.2) is 0 Å². The number of hydrogen-bond donors (Lipinski definition) is 0. The van der Waals surface area contributed by atoms with Gasteiger partial charge in [0.2, 0.25) is 0 Å². The summed E-state index contributed by atoms with van der Waals surface area (Å²) >= 11 is 0. The molecule has 188 valence electrons. The molecule has 4 aliphatic carbocycles. The van der Waals surface area contributed by atoms with Crippen LogP contribution in [0.5, 0.6) is 5.75 Å². The van der Waals surface area contributed by atoms with E-state index < -0.39 is 5.79 Å². The number of ketones is 1. The summed E-state index contributed by atoms with van der Waals surface area (Å²) in [6.07, 6.45) is 10.9.